The average molecular weight is 426 g/mol. The van der Waals surface area contributed by atoms with Crippen molar-refractivity contribution in [2.75, 3.05) is 18.5 Å². The molecule has 0 saturated carbocycles. The van der Waals surface area contributed by atoms with Crippen LogP contribution in [0.15, 0.2) is 54.0 Å². The summed E-state index contributed by atoms with van der Waals surface area (Å²) in [5.74, 6) is -0.714. The van der Waals surface area contributed by atoms with E-state index >= 15 is 0 Å². The minimum atomic E-state index is -0.466. The van der Waals surface area contributed by atoms with Crippen LogP contribution in [0, 0.1) is 0 Å². The molecule has 0 aliphatic rings. The molecule has 0 aliphatic heterocycles. The molecule has 2 aromatic heterocycles. The predicted octanol–water partition coefficient (Wildman–Crippen LogP) is 3.26. The number of ether oxygens (including phenoxy) is 1. The lowest BCUT2D eigenvalue weighted by molar-refractivity contribution is -0.116. The number of nitrogens with one attached hydrogen (secondary N) is 2. The molecule has 0 atom stereocenters. The first-order valence-electron chi connectivity index (χ1n) is 9.51. The number of carbonyl (C=O) groups excluding carboxylic acids is 3. The van der Waals surface area contributed by atoms with Crippen molar-refractivity contribution in [3.8, 4) is 5.69 Å². The van der Waals surface area contributed by atoms with Gasteiger partial charge in [0.1, 0.15) is 0 Å². The molecule has 0 saturated heterocycles. The first-order chi connectivity index (χ1) is 14.6. The van der Waals surface area contributed by atoms with Gasteiger partial charge in [0, 0.05) is 24.8 Å². The molecular weight excluding hydrogens is 404 g/mol. The molecule has 0 fully saturated rings. The lowest BCUT2D eigenvalue weighted by atomic mass is 10.2. The van der Waals surface area contributed by atoms with Crippen molar-refractivity contribution >= 4 is 34.8 Å². The molecular formula is C21H22N4O4S. The van der Waals surface area contributed by atoms with Crippen molar-refractivity contribution < 1.29 is 19.1 Å². The highest BCUT2D eigenvalue weighted by molar-refractivity contribution is 7.12. The van der Waals surface area contributed by atoms with Crippen LogP contribution in [0.2, 0.25) is 0 Å². The highest BCUT2D eigenvalue weighted by atomic mass is 32.1. The number of benzene rings is 1. The minimum absolute atomic E-state index is 0.120. The Morgan fingerprint density at radius 3 is 2.63 bits per heavy atom. The molecule has 1 aromatic carbocycles. The maximum atomic E-state index is 12.1. The van der Waals surface area contributed by atoms with E-state index in [-0.39, 0.29) is 17.5 Å². The number of carbonyl (C=O) groups is 3. The van der Waals surface area contributed by atoms with Crippen molar-refractivity contribution in [3.05, 3.63) is 64.6 Å². The van der Waals surface area contributed by atoms with E-state index in [9.17, 15) is 14.4 Å². The fraction of sp³-hybridized carbons (Fsp3) is 0.238. The number of anilines is 1. The van der Waals surface area contributed by atoms with Gasteiger partial charge in [-0.15, -0.1) is 11.3 Å². The van der Waals surface area contributed by atoms with Gasteiger partial charge in [-0.1, -0.05) is 6.07 Å². The molecule has 156 valence electrons. The summed E-state index contributed by atoms with van der Waals surface area (Å²) in [6.45, 7) is 2.47. The van der Waals surface area contributed by atoms with Crippen LogP contribution in [0.3, 0.4) is 0 Å². The first kappa shape index (κ1) is 21.3. The SMILES string of the molecule is CCOC(=O)c1ccn(-c2ccc(NC(=O)CCCNC(=O)c3cccs3)cc2)n1. The Balaban J connectivity index is 1.44. The summed E-state index contributed by atoms with van der Waals surface area (Å²) >= 11 is 1.38. The molecule has 2 amide bonds. The predicted molar refractivity (Wildman–Crippen MR) is 114 cm³/mol. The third-order valence-corrected chi connectivity index (χ3v) is 4.97. The summed E-state index contributed by atoms with van der Waals surface area (Å²) in [7, 11) is 0. The summed E-state index contributed by atoms with van der Waals surface area (Å²) in [6, 6.07) is 12.3. The van der Waals surface area contributed by atoms with Gasteiger partial charge in [0.15, 0.2) is 5.69 Å². The Hall–Kier alpha value is -3.46. The zero-order valence-electron chi connectivity index (χ0n) is 16.5. The average Bonchev–Trinajstić information content (AvgIpc) is 3.44. The zero-order chi connectivity index (χ0) is 21.3. The van der Waals surface area contributed by atoms with E-state index in [4.69, 9.17) is 4.74 Å². The Kier molecular flexibility index (Phi) is 7.34. The molecule has 0 radical (unpaired) electrons. The highest BCUT2D eigenvalue weighted by Crippen LogP contribution is 2.14. The van der Waals surface area contributed by atoms with Gasteiger partial charge in [0.05, 0.1) is 17.2 Å². The summed E-state index contributed by atoms with van der Waals surface area (Å²) in [4.78, 5) is 36.3. The van der Waals surface area contributed by atoms with Crippen LogP contribution < -0.4 is 10.6 Å². The number of hydrogen-bond acceptors (Lipinski definition) is 6. The van der Waals surface area contributed by atoms with E-state index in [1.54, 1.807) is 54.2 Å². The number of esters is 1. The van der Waals surface area contributed by atoms with E-state index in [0.717, 1.165) is 5.69 Å². The normalized spacial score (nSPS) is 10.4. The molecule has 0 unspecified atom stereocenters. The van der Waals surface area contributed by atoms with E-state index < -0.39 is 5.97 Å². The molecule has 9 heteroatoms. The van der Waals surface area contributed by atoms with Crippen LogP contribution in [0.1, 0.15) is 39.9 Å². The lowest BCUT2D eigenvalue weighted by Gasteiger charge is -2.07. The summed E-state index contributed by atoms with van der Waals surface area (Å²) < 4.78 is 6.49. The quantitative estimate of drug-likeness (QED) is 0.404. The van der Waals surface area contributed by atoms with Crippen LogP contribution in [-0.2, 0) is 9.53 Å². The van der Waals surface area contributed by atoms with Gasteiger partial charge >= 0.3 is 5.97 Å². The molecule has 2 N–H and O–H groups in total. The van der Waals surface area contributed by atoms with Crippen LogP contribution in [-0.4, -0.2) is 40.7 Å². The summed E-state index contributed by atoms with van der Waals surface area (Å²) in [5.41, 5.74) is 1.64. The van der Waals surface area contributed by atoms with Gasteiger partial charge < -0.3 is 15.4 Å². The molecule has 0 bridgehead atoms. The fourth-order valence-corrected chi connectivity index (χ4v) is 3.29. The second-order valence-corrected chi connectivity index (χ2v) is 7.25. The number of aromatic nitrogens is 2. The van der Waals surface area contributed by atoms with Gasteiger partial charge in [0.25, 0.3) is 5.91 Å². The van der Waals surface area contributed by atoms with Gasteiger partial charge in [-0.3, -0.25) is 9.59 Å². The van der Waals surface area contributed by atoms with Gasteiger partial charge in [0.2, 0.25) is 5.91 Å². The molecule has 8 nitrogen and oxygen atoms in total. The van der Waals surface area contributed by atoms with Gasteiger partial charge in [-0.25, -0.2) is 9.48 Å². The van der Waals surface area contributed by atoms with Crippen LogP contribution >= 0.6 is 11.3 Å². The minimum Gasteiger partial charge on any atom is -0.461 e. The molecule has 30 heavy (non-hydrogen) atoms. The van der Waals surface area contributed by atoms with Crippen molar-refractivity contribution in [2.45, 2.75) is 19.8 Å². The van der Waals surface area contributed by atoms with Crippen molar-refractivity contribution in [1.29, 1.82) is 0 Å². The van der Waals surface area contributed by atoms with E-state index in [1.807, 2.05) is 11.4 Å². The van der Waals surface area contributed by atoms with Crippen molar-refractivity contribution in [2.24, 2.45) is 0 Å². The maximum absolute atomic E-state index is 12.1. The molecule has 0 spiro atoms. The number of thiophene rings is 1. The smallest absolute Gasteiger partial charge is 0.358 e. The maximum Gasteiger partial charge on any atom is 0.358 e. The Morgan fingerprint density at radius 1 is 1.13 bits per heavy atom. The number of hydrogen-bond donors (Lipinski definition) is 2. The summed E-state index contributed by atoms with van der Waals surface area (Å²) in [5, 5.41) is 11.7. The Bertz CT molecular complexity index is 996. The molecule has 3 rings (SSSR count). The monoisotopic (exact) mass is 426 g/mol. The Labute approximate surface area is 177 Å². The van der Waals surface area contributed by atoms with Crippen molar-refractivity contribution in [1.82, 2.24) is 15.1 Å². The number of rotatable bonds is 9. The van der Waals surface area contributed by atoms with Gasteiger partial charge in [-0.2, -0.15) is 5.10 Å². The lowest BCUT2D eigenvalue weighted by Crippen LogP contribution is -2.24. The van der Waals surface area contributed by atoms with E-state index in [0.29, 0.717) is 36.6 Å². The standard InChI is InChI=1S/C21H22N4O4S/c1-2-29-21(28)17-11-13-25(24-17)16-9-7-15(8-10-16)23-19(26)6-3-12-22-20(27)18-5-4-14-30-18/h4-5,7-11,13-14H,2-3,6,12H2,1H3,(H,22,27)(H,23,26). The third-order valence-electron chi connectivity index (χ3n) is 4.10. The van der Waals surface area contributed by atoms with Crippen LogP contribution in [0.25, 0.3) is 5.69 Å². The second kappa shape index (κ2) is 10.4. The van der Waals surface area contributed by atoms with E-state index in [2.05, 4.69) is 15.7 Å². The molecule has 3 aromatic rings. The Morgan fingerprint density at radius 2 is 1.93 bits per heavy atom. The number of amides is 2. The molecule has 2 heterocycles. The van der Waals surface area contributed by atoms with Crippen LogP contribution in [0.4, 0.5) is 5.69 Å². The fourth-order valence-electron chi connectivity index (χ4n) is 2.65. The van der Waals surface area contributed by atoms with Crippen LogP contribution in [0.5, 0.6) is 0 Å². The topological polar surface area (TPSA) is 102 Å². The van der Waals surface area contributed by atoms with E-state index in [1.165, 1.54) is 11.3 Å². The second-order valence-electron chi connectivity index (χ2n) is 6.30. The molecule has 0 aliphatic carbocycles. The summed E-state index contributed by atoms with van der Waals surface area (Å²) in [6.07, 6.45) is 2.52. The zero-order valence-corrected chi connectivity index (χ0v) is 17.3. The number of nitrogens with zero attached hydrogens (tertiary/aromatic N) is 2. The first-order valence-corrected chi connectivity index (χ1v) is 10.4. The third kappa shape index (κ3) is 5.77. The van der Waals surface area contributed by atoms with Crippen molar-refractivity contribution in [3.63, 3.8) is 0 Å². The largest absolute Gasteiger partial charge is 0.461 e. The van der Waals surface area contributed by atoms with Gasteiger partial charge in [-0.05, 0) is 55.1 Å². The highest BCUT2D eigenvalue weighted by Gasteiger charge is 2.11.